The van der Waals surface area contributed by atoms with E-state index in [-0.39, 0.29) is 0 Å². The highest BCUT2D eigenvalue weighted by Gasteiger charge is 2.26. The Balaban J connectivity index is 2.06. The maximum absolute atomic E-state index is 5.51. The smallest absolute Gasteiger partial charge is 0.0513 e. The second-order valence-corrected chi connectivity index (χ2v) is 5.66. The van der Waals surface area contributed by atoms with E-state index < -0.39 is 0 Å². The minimum absolute atomic E-state index is 0.493. The summed E-state index contributed by atoms with van der Waals surface area (Å²) in [6.45, 7) is 7.33. The Morgan fingerprint density at radius 2 is 2.50 bits per heavy atom. The van der Waals surface area contributed by atoms with Gasteiger partial charge in [-0.1, -0.05) is 6.92 Å². The molecule has 1 N–H and O–H groups in total. The molecule has 1 saturated heterocycles. The lowest BCUT2D eigenvalue weighted by Crippen LogP contribution is -2.29. The first-order valence-corrected chi connectivity index (χ1v) is 7.05. The standard InChI is InChI=1S/C13H21NOS/c1-3-5-14-13(11-4-6-15-8-11)12-7-10(2)16-9-12/h7,9,11,13-14H,3-6,8H2,1-2H3. The van der Waals surface area contributed by atoms with Gasteiger partial charge in [0.1, 0.15) is 0 Å². The van der Waals surface area contributed by atoms with Crippen LogP contribution < -0.4 is 5.32 Å². The summed E-state index contributed by atoms with van der Waals surface area (Å²) in [7, 11) is 0. The van der Waals surface area contributed by atoms with Crippen molar-refractivity contribution in [3.63, 3.8) is 0 Å². The van der Waals surface area contributed by atoms with Crippen LogP contribution in [0.4, 0.5) is 0 Å². The third-order valence-corrected chi connectivity index (χ3v) is 4.04. The average Bonchev–Trinajstić information content (AvgIpc) is 2.91. The van der Waals surface area contributed by atoms with Gasteiger partial charge in [0.25, 0.3) is 0 Å². The SMILES string of the molecule is CCCNC(c1csc(C)c1)C1CCOC1. The zero-order valence-corrected chi connectivity index (χ0v) is 11.0. The molecular weight excluding hydrogens is 218 g/mol. The zero-order valence-electron chi connectivity index (χ0n) is 10.2. The summed E-state index contributed by atoms with van der Waals surface area (Å²) < 4.78 is 5.51. The maximum atomic E-state index is 5.51. The van der Waals surface area contributed by atoms with Gasteiger partial charge in [0.05, 0.1) is 6.61 Å². The highest BCUT2D eigenvalue weighted by molar-refractivity contribution is 7.10. The van der Waals surface area contributed by atoms with Crippen LogP contribution in [0.25, 0.3) is 0 Å². The minimum Gasteiger partial charge on any atom is -0.381 e. The van der Waals surface area contributed by atoms with E-state index in [9.17, 15) is 0 Å². The zero-order chi connectivity index (χ0) is 11.4. The van der Waals surface area contributed by atoms with E-state index in [1.807, 2.05) is 11.3 Å². The molecule has 1 aromatic rings. The Morgan fingerprint density at radius 3 is 3.06 bits per heavy atom. The molecule has 2 nitrogen and oxygen atoms in total. The Labute approximate surface area is 102 Å². The van der Waals surface area contributed by atoms with Crippen LogP contribution in [0.15, 0.2) is 11.4 Å². The molecular formula is C13H21NOS. The second kappa shape index (κ2) is 5.80. The Hall–Kier alpha value is -0.380. The topological polar surface area (TPSA) is 21.3 Å². The molecule has 0 radical (unpaired) electrons. The lowest BCUT2D eigenvalue weighted by atomic mass is 9.94. The van der Waals surface area contributed by atoms with Crippen LogP contribution in [-0.4, -0.2) is 19.8 Å². The van der Waals surface area contributed by atoms with Gasteiger partial charge in [-0.2, -0.15) is 0 Å². The van der Waals surface area contributed by atoms with Gasteiger partial charge in [-0.25, -0.2) is 0 Å². The van der Waals surface area contributed by atoms with Crippen molar-refractivity contribution in [1.29, 1.82) is 0 Å². The number of nitrogens with one attached hydrogen (secondary N) is 1. The predicted molar refractivity (Wildman–Crippen MR) is 69.0 cm³/mol. The molecule has 16 heavy (non-hydrogen) atoms. The van der Waals surface area contributed by atoms with Crippen LogP contribution >= 0.6 is 11.3 Å². The molecule has 0 aliphatic carbocycles. The molecule has 2 heterocycles. The Bertz CT molecular complexity index is 317. The molecule has 2 rings (SSSR count). The quantitative estimate of drug-likeness (QED) is 0.852. The molecule has 0 aromatic carbocycles. The minimum atomic E-state index is 0.493. The first-order chi connectivity index (χ1) is 7.81. The Morgan fingerprint density at radius 1 is 1.62 bits per heavy atom. The van der Waals surface area contributed by atoms with E-state index >= 15 is 0 Å². The number of ether oxygens (including phenoxy) is 1. The average molecular weight is 239 g/mol. The molecule has 1 aromatic heterocycles. The van der Waals surface area contributed by atoms with Crippen molar-refractivity contribution in [3.05, 3.63) is 21.9 Å². The largest absolute Gasteiger partial charge is 0.381 e. The van der Waals surface area contributed by atoms with Gasteiger partial charge in [-0.05, 0) is 43.3 Å². The summed E-state index contributed by atoms with van der Waals surface area (Å²) in [6, 6.07) is 2.81. The molecule has 90 valence electrons. The number of hydrogen-bond acceptors (Lipinski definition) is 3. The lowest BCUT2D eigenvalue weighted by molar-refractivity contribution is 0.176. The predicted octanol–water partition coefficient (Wildman–Crippen LogP) is 3.13. The van der Waals surface area contributed by atoms with Crippen LogP contribution in [0, 0.1) is 12.8 Å². The fourth-order valence-corrected chi connectivity index (χ4v) is 3.04. The van der Waals surface area contributed by atoms with E-state index in [1.54, 1.807) is 0 Å². The van der Waals surface area contributed by atoms with Gasteiger partial charge in [-0.3, -0.25) is 0 Å². The summed E-state index contributed by atoms with van der Waals surface area (Å²) >= 11 is 1.84. The van der Waals surface area contributed by atoms with Crippen molar-refractivity contribution in [2.24, 2.45) is 5.92 Å². The van der Waals surface area contributed by atoms with E-state index in [0.717, 1.165) is 19.8 Å². The summed E-state index contributed by atoms with van der Waals surface area (Å²) in [5.41, 5.74) is 1.45. The molecule has 0 spiro atoms. The van der Waals surface area contributed by atoms with Crippen molar-refractivity contribution in [2.75, 3.05) is 19.8 Å². The van der Waals surface area contributed by atoms with Gasteiger partial charge in [0, 0.05) is 23.4 Å². The van der Waals surface area contributed by atoms with Crippen LogP contribution in [0.5, 0.6) is 0 Å². The lowest BCUT2D eigenvalue weighted by Gasteiger charge is -2.23. The van der Waals surface area contributed by atoms with Crippen LogP contribution in [0.2, 0.25) is 0 Å². The molecule has 1 aliphatic heterocycles. The number of rotatable bonds is 5. The van der Waals surface area contributed by atoms with E-state index in [1.165, 1.54) is 23.3 Å². The van der Waals surface area contributed by atoms with Crippen LogP contribution in [-0.2, 0) is 4.74 Å². The van der Waals surface area contributed by atoms with Gasteiger partial charge < -0.3 is 10.1 Å². The fourth-order valence-electron chi connectivity index (χ4n) is 2.30. The van der Waals surface area contributed by atoms with E-state index in [4.69, 9.17) is 4.74 Å². The third-order valence-electron chi connectivity index (χ3n) is 3.16. The Kier molecular flexibility index (Phi) is 4.38. The molecule has 0 amide bonds. The molecule has 1 fully saturated rings. The monoisotopic (exact) mass is 239 g/mol. The van der Waals surface area contributed by atoms with Crippen molar-refractivity contribution in [3.8, 4) is 0 Å². The molecule has 3 heteroatoms. The summed E-state index contributed by atoms with van der Waals surface area (Å²) in [4.78, 5) is 1.40. The van der Waals surface area contributed by atoms with Crippen molar-refractivity contribution in [1.82, 2.24) is 5.32 Å². The fraction of sp³-hybridized carbons (Fsp3) is 0.692. The summed E-state index contributed by atoms with van der Waals surface area (Å²) in [5, 5.41) is 5.96. The van der Waals surface area contributed by atoms with Gasteiger partial charge in [-0.15, -0.1) is 11.3 Å². The highest BCUT2D eigenvalue weighted by atomic mass is 32.1. The summed E-state index contributed by atoms with van der Waals surface area (Å²) in [6.07, 6.45) is 2.38. The van der Waals surface area contributed by atoms with Crippen molar-refractivity contribution in [2.45, 2.75) is 32.7 Å². The van der Waals surface area contributed by atoms with E-state index in [2.05, 4.69) is 30.6 Å². The number of aryl methyl sites for hydroxylation is 1. The first-order valence-electron chi connectivity index (χ1n) is 6.17. The van der Waals surface area contributed by atoms with Crippen LogP contribution in [0.3, 0.4) is 0 Å². The third kappa shape index (κ3) is 2.84. The summed E-state index contributed by atoms with van der Waals surface area (Å²) in [5.74, 6) is 0.653. The molecule has 0 bridgehead atoms. The van der Waals surface area contributed by atoms with Crippen molar-refractivity contribution < 1.29 is 4.74 Å². The first kappa shape index (κ1) is 12.1. The van der Waals surface area contributed by atoms with Gasteiger partial charge >= 0.3 is 0 Å². The highest BCUT2D eigenvalue weighted by Crippen LogP contribution is 2.31. The molecule has 0 saturated carbocycles. The van der Waals surface area contributed by atoms with Gasteiger partial charge in [0.15, 0.2) is 0 Å². The number of hydrogen-bond donors (Lipinski definition) is 1. The van der Waals surface area contributed by atoms with E-state index in [0.29, 0.717) is 12.0 Å². The molecule has 2 atom stereocenters. The van der Waals surface area contributed by atoms with Crippen LogP contribution in [0.1, 0.15) is 36.2 Å². The molecule has 1 aliphatic rings. The van der Waals surface area contributed by atoms with Gasteiger partial charge in [0.2, 0.25) is 0 Å². The number of thiophene rings is 1. The maximum Gasteiger partial charge on any atom is 0.0513 e. The van der Waals surface area contributed by atoms with Crippen molar-refractivity contribution >= 4 is 11.3 Å². The second-order valence-electron chi connectivity index (χ2n) is 4.55. The normalized spacial score (nSPS) is 22.5. The molecule has 2 unspecified atom stereocenters.